The number of azide groups is 1. The first-order chi connectivity index (χ1) is 16.1. The fourth-order valence-corrected chi connectivity index (χ4v) is 2.30. The highest BCUT2D eigenvalue weighted by Crippen LogP contribution is 2.01. The Morgan fingerprint density at radius 3 is 1.76 bits per heavy atom. The van der Waals surface area contributed by atoms with Crippen LogP contribution in [0.1, 0.15) is 0 Å². The van der Waals surface area contributed by atoms with Crippen LogP contribution in [0.15, 0.2) is 17.3 Å². The summed E-state index contributed by atoms with van der Waals surface area (Å²) >= 11 is 0. The van der Waals surface area contributed by atoms with E-state index >= 15 is 0 Å². The number of ether oxygens (including phenoxy) is 6. The first kappa shape index (κ1) is 28.3. The lowest BCUT2D eigenvalue weighted by Crippen LogP contribution is -2.38. The van der Waals surface area contributed by atoms with Crippen molar-refractivity contribution < 1.29 is 42.8 Å². The van der Waals surface area contributed by atoms with Crippen molar-refractivity contribution in [1.29, 1.82) is 0 Å². The third-order valence-electron chi connectivity index (χ3n) is 3.85. The van der Waals surface area contributed by atoms with Crippen LogP contribution >= 0.6 is 0 Å². The molecule has 14 nitrogen and oxygen atoms in total. The van der Waals surface area contributed by atoms with Gasteiger partial charge in [0.15, 0.2) is 0 Å². The minimum Gasteiger partial charge on any atom is -0.447 e. The van der Waals surface area contributed by atoms with E-state index in [1.165, 1.54) is 12.2 Å². The molecule has 0 unspecified atom stereocenters. The molecule has 0 spiro atoms. The van der Waals surface area contributed by atoms with Crippen molar-refractivity contribution in [2.75, 3.05) is 92.3 Å². The number of nitrogens with one attached hydrogen (secondary N) is 1. The van der Waals surface area contributed by atoms with Gasteiger partial charge in [0.05, 0.1) is 66.1 Å². The van der Waals surface area contributed by atoms with Crippen LogP contribution in [0.25, 0.3) is 10.4 Å². The maximum absolute atomic E-state index is 11.5. The number of carbonyl (C=O) groups is 3. The zero-order valence-corrected chi connectivity index (χ0v) is 18.5. The molecule has 3 amide bonds. The van der Waals surface area contributed by atoms with Crippen LogP contribution in [0.3, 0.4) is 0 Å². The molecule has 1 rings (SSSR count). The van der Waals surface area contributed by atoms with Gasteiger partial charge in [0.25, 0.3) is 11.8 Å². The Bertz CT molecular complexity index is 638. The van der Waals surface area contributed by atoms with E-state index in [1.54, 1.807) is 0 Å². The number of carbonyl (C=O) groups excluding carboxylic acids is 3. The maximum atomic E-state index is 11.5. The summed E-state index contributed by atoms with van der Waals surface area (Å²) in [6.07, 6.45) is 1.72. The van der Waals surface area contributed by atoms with Gasteiger partial charge < -0.3 is 33.7 Å². The summed E-state index contributed by atoms with van der Waals surface area (Å²) in [6, 6.07) is 0. The largest absolute Gasteiger partial charge is 0.447 e. The van der Waals surface area contributed by atoms with Gasteiger partial charge in [-0.25, -0.2) is 4.79 Å². The minimum atomic E-state index is -0.652. The van der Waals surface area contributed by atoms with E-state index in [4.69, 9.17) is 34.0 Å². The molecule has 0 bridgehead atoms. The van der Waals surface area contributed by atoms with Crippen LogP contribution in [0.4, 0.5) is 4.79 Å². The quantitative estimate of drug-likeness (QED) is 0.0794. The standard InChI is InChI=1S/C19H31N5O9/c20-23-22-4-6-28-7-8-29-9-10-30-11-12-31-13-14-32-15-16-33-19(27)21-3-5-24-17(25)1-2-18(24)26/h1-2H,3-16H2,(H,21,27). The van der Waals surface area contributed by atoms with Crippen LogP contribution in [0, 0.1) is 0 Å². The zero-order chi connectivity index (χ0) is 24.0. The average molecular weight is 473 g/mol. The highest BCUT2D eigenvalue weighted by Gasteiger charge is 2.22. The first-order valence-corrected chi connectivity index (χ1v) is 10.5. The number of alkyl carbamates (subject to hydrolysis) is 1. The molecule has 0 aliphatic carbocycles. The highest BCUT2D eigenvalue weighted by molar-refractivity contribution is 6.12. The summed E-state index contributed by atoms with van der Waals surface area (Å²) < 4.78 is 31.4. The predicted molar refractivity (Wildman–Crippen MR) is 113 cm³/mol. The summed E-state index contributed by atoms with van der Waals surface area (Å²) in [4.78, 5) is 37.8. The van der Waals surface area contributed by atoms with Crippen molar-refractivity contribution in [3.63, 3.8) is 0 Å². The summed E-state index contributed by atoms with van der Waals surface area (Å²) in [5, 5.41) is 5.80. The van der Waals surface area contributed by atoms with Gasteiger partial charge in [0.1, 0.15) is 6.61 Å². The van der Waals surface area contributed by atoms with E-state index in [9.17, 15) is 14.4 Å². The smallest absolute Gasteiger partial charge is 0.407 e. The Kier molecular flexibility index (Phi) is 17.1. The van der Waals surface area contributed by atoms with Crippen molar-refractivity contribution >= 4 is 17.9 Å². The second kappa shape index (κ2) is 19.9. The molecule has 1 N–H and O–H groups in total. The Morgan fingerprint density at radius 2 is 1.27 bits per heavy atom. The van der Waals surface area contributed by atoms with Crippen molar-refractivity contribution in [1.82, 2.24) is 10.2 Å². The molecule has 0 aromatic rings. The second-order valence-corrected chi connectivity index (χ2v) is 6.24. The van der Waals surface area contributed by atoms with E-state index in [0.717, 1.165) is 4.90 Å². The summed E-state index contributed by atoms with van der Waals surface area (Å²) in [7, 11) is 0. The van der Waals surface area contributed by atoms with Gasteiger partial charge in [0, 0.05) is 36.7 Å². The van der Waals surface area contributed by atoms with Crippen molar-refractivity contribution in [2.24, 2.45) is 5.11 Å². The van der Waals surface area contributed by atoms with Crippen LogP contribution in [0.2, 0.25) is 0 Å². The van der Waals surface area contributed by atoms with E-state index in [1.807, 2.05) is 0 Å². The molecule has 1 heterocycles. The van der Waals surface area contributed by atoms with Crippen LogP contribution in [-0.2, 0) is 38.0 Å². The SMILES string of the molecule is [N-]=[N+]=NCCOCCOCCOCCOCCOCCOC(=O)NCCN1C(=O)C=CC1=O. The molecule has 14 heteroatoms. The number of amides is 3. The Balaban J connectivity index is 1.75. The third kappa shape index (κ3) is 15.7. The molecule has 0 radical (unpaired) electrons. The Hall–Kier alpha value is -2.74. The predicted octanol–water partition coefficient (Wildman–Crippen LogP) is 0.0309. The molecule has 1 aliphatic heterocycles. The van der Waals surface area contributed by atoms with Gasteiger partial charge in [-0.3, -0.25) is 14.5 Å². The second-order valence-electron chi connectivity index (χ2n) is 6.24. The molecular formula is C19H31N5O9. The Labute approximate surface area is 191 Å². The maximum Gasteiger partial charge on any atom is 0.407 e. The number of hydrogen-bond acceptors (Lipinski definition) is 10. The lowest BCUT2D eigenvalue weighted by Gasteiger charge is -2.14. The third-order valence-corrected chi connectivity index (χ3v) is 3.85. The fourth-order valence-electron chi connectivity index (χ4n) is 2.30. The van der Waals surface area contributed by atoms with Crippen LogP contribution in [-0.4, -0.2) is 115 Å². The van der Waals surface area contributed by atoms with Gasteiger partial charge in [-0.05, 0) is 5.53 Å². The summed E-state index contributed by atoms with van der Waals surface area (Å²) in [6.45, 7) is 4.49. The van der Waals surface area contributed by atoms with Crippen LogP contribution < -0.4 is 5.32 Å². The molecule has 33 heavy (non-hydrogen) atoms. The lowest BCUT2D eigenvalue weighted by atomic mass is 10.5. The van der Waals surface area contributed by atoms with Gasteiger partial charge in [-0.15, -0.1) is 0 Å². The molecule has 0 saturated heterocycles. The summed E-state index contributed by atoms with van der Waals surface area (Å²) in [5.41, 5.74) is 8.09. The first-order valence-electron chi connectivity index (χ1n) is 10.5. The van der Waals surface area contributed by atoms with E-state index in [2.05, 4.69) is 15.3 Å². The number of nitrogens with zero attached hydrogens (tertiary/aromatic N) is 4. The molecule has 0 aromatic carbocycles. The van der Waals surface area contributed by atoms with E-state index in [0.29, 0.717) is 66.0 Å². The van der Waals surface area contributed by atoms with E-state index in [-0.39, 0.29) is 26.3 Å². The molecule has 0 atom stereocenters. The highest BCUT2D eigenvalue weighted by atomic mass is 16.6. The molecule has 1 aliphatic rings. The minimum absolute atomic E-state index is 0.0664. The lowest BCUT2D eigenvalue weighted by molar-refractivity contribution is -0.136. The number of rotatable bonds is 21. The fraction of sp³-hybridized carbons (Fsp3) is 0.737. The molecular weight excluding hydrogens is 442 g/mol. The van der Waals surface area contributed by atoms with E-state index < -0.39 is 17.9 Å². The van der Waals surface area contributed by atoms with Gasteiger partial charge >= 0.3 is 6.09 Å². The number of hydrogen-bond donors (Lipinski definition) is 1. The normalized spacial score (nSPS) is 12.8. The van der Waals surface area contributed by atoms with Crippen molar-refractivity contribution in [3.8, 4) is 0 Å². The van der Waals surface area contributed by atoms with Gasteiger partial charge in [0.2, 0.25) is 0 Å². The Morgan fingerprint density at radius 1 is 0.818 bits per heavy atom. The molecule has 0 fully saturated rings. The topological polar surface area (TPSA) is 171 Å². The average Bonchev–Trinajstić information content (AvgIpc) is 3.12. The van der Waals surface area contributed by atoms with Crippen molar-refractivity contribution in [2.45, 2.75) is 0 Å². The monoisotopic (exact) mass is 473 g/mol. The van der Waals surface area contributed by atoms with Gasteiger partial charge in [-0.2, -0.15) is 0 Å². The van der Waals surface area contributed by atoms with Crippen molar-refractivity contribution in [3.05, 3.63) is 22.6 Å². The van der Waals surface area contributed by atoms with Gasteiger partial charge in [-0.1, -0.05) is 5.11 Å². The molecule has 0 aromatic heterocycles. The number of imide groups is 1. The zero-order valence-electron chi connectivity index (χ0n) is 18.5. The van der Waals surface area contributed by atoms with Crippen LogP contribution in [0.5, 0.6) is 0 Å². The molecule has 186 valence electrons. The molecule has 0 saturated carbocycles. The summed E-state index contributed by atoms with van der Waals surface area (Å²) in [5.74, 6) is -0.797.